The van der Waals surface area contributed by atoms with E-state index in [1.54, 1.807) is 36.5 Å². The normalized spacial score (nSPS) is 10.4. The number of benzene rings is 3. The fraction of sp³-hybridized carbons (Fsp3) is 0.0741. The predicted molar refractivity (Wildman–Crippen MR) is 135 cm³/mol. The van der Waals surface area contributed by atoms with Crippen LogP contribution < -0.4 is 21.5 Å². The first-order valence-corrected chi connectivity index (χ1v) is 10.8. The molecule has 1 aromatic heterocycles. The molecule has 0 saturated carbocycles. The van der Waals surface area contributed by atoms with Crippen LogP contribution >= 0.6 is 0 Å². The Hall–Kier alpha value is -4.65. The number of rotatable bonds is 7. The minimum Gasteiger partial charge on any atom is -0.356 e. The highest BCUT2D eigenvalue weighted by molar-refractivity contribution is 6.04. The molecule has 0 radical (unpaired) electrons. The number of hydrogen-bond acceptors (Lipinski definition) is 4. The van der Waals surface area contributed by atoms with E-state index in [1.165, 1.54) is 10.6 Å². The monoisotopic (exact) mass is 452 g/mol. The Labute approximate surface area is 197 Å². The van der Waals surface area contributed by atoms with Crippen LogP contribution in [0.5, 0.6) is 0 Å². The average Bonchev–Trinajstić information content (AvgIpc) is 2.84. The summed E-state index contributed by atoms with van der Waals surface area (Å²) in [4.78, 5) is 36.7. The second kappa shape index (κ2) is 10.3. The van der Waals surface area contributed by atoms with Crippen LogP contribution in [0.25, 0.3) is 0 Å². The van der Waals surface area contributed by atoms with E-state index in [0.717, 1.165) is 16.9 Å². The maximum absolute atomic E-state index is 12.6. The molecule has 0 spiro atoms. The fourth-order valence-corrected chi connectivity index (χ4v) is 3.36. The number of nitrogens with one attached hydrogen (secondary N) is 3. The summed E-state index contributed by atoms with van der Waals surface area (Å²) in [5.41, 5.74) is 4.22. The van der Waals surface area contributed by atoms with Crippen LogP contribution in [-0.4, -0.2) is 16.4 Å². The molecule has 0 aliphatic carbocycles. The number of para-hydroxylation sites is 1. The Morgan fingerprint density at radius 1 is 0.706 bits per heavy atom. The topological polar surface area (TPSA) is 92.2 Å². The summed E-state index contributed by atoms with van der Waals surface area (Å²) in [7, 11) is 0. The predicted octanol–water partition coefficient (Wildman–Crippen LogP) is 4.79. The Morgan fingerprint density at radius 3 is 2.00 bits per heavy atom. The van der Waals surface area contributed by atoms with Gasteiger partial charge in [-0.1, -0.05) is 24.3 Å². The average molecular weight is 453 g/mol. The van der Waals surface area contributed by atoms with Crippen molar-refractivity contribution in [2.75, 3.05) is 16.0 Å². The van der Waals surface area contributed by atoms with Gasteiger partial charge < -0.3 is 20.5 Å². The summed E-state index contributed by atoms with van der Waals surface area (Å²) < 4.78 is 1.35. The first-order valence-electron chi connectivity index (χ1n) is 10.8. The molecule has 1 heterocycles. The molecule has 0 bridgehead atoms. The first kappa shape index (κ1) is 22.5. The highest BCUT2D eigenvalue weighted by atomic mass is 16.2. The lowest BCUT2D eigenvalue weighted by Gasteiger charge is -2.10. The van der Waals surface area contributed by atoms with E-state index in [4.69, 9.17) is 0 Å². The molecule has 3 aromatic carbocycles. The number of carbonyl (C=O) groups is 2. The summed E-state index contributed by atoms with van der Waals surface area (Å²) in [5.74, 6) is -0.581. The molecule has 0 atom stereocenters. The lowest BCUT2D eigenvalue weighted by atomic mass is 10.2. The third-order valence-electron chi connectivity index (χ3n) is 5.08. The van der Waals surface area contributed by atoms with Crippen molar-refractivity contribution in [2.24, 2.45) is 0 Å². The molecular formula is C27H24N4O3. The Morgan fingerprint density at radius 2 is 1.29 bits per heavy atom. The number of pyridine rings is 1. The van der Waals surface area contributed by atoms with Crippen molar-refractivity contribution in [3.8, 4) is 0 Å². The van der Waals surface area contributed by atoms with Crippen LogP contribution in [0.4, 0.5) is 22.7 Å². The number of aryl methyl sites for hydroxylation is 1. The van der Waals surface area contributed by atoms with Crippen molar-refractivity contribution < 1.29 is 9.59 Å². The number of anilines is 4. The first-order chi connectivity index (χ1) is 16.5. The molecule has 4 rings (SSSR count). The lowest BCUT2D eigenvalue weighted by molar-refractivity contribution is -0.116. The van der Waals surface area contributed by atoms with E-state index in [2.05, 4.69) is 16.0 Å². The standard InChI is InChI=1S/C27H24N4O3/c1-19-7-16-26(33)31(17-19)18-25(32)29-23-10-8-20(9-11-23)27(34)30-24-14-12-22(13-15-24)28-21-5-3-2-4-6-21/h2-17,28H,18H2,1H3,(H,29,32)(H,30,34). The van der Waals surface area contributed by atoms with E-state index < -0.39 is 0 Å². The molecule has 0 saturated heterocycles. The van der Waals surface area contributed by atoms with Crippen LogP contribution in [0.15, 0.2) is 102 Å². The minimum absolute atomic E-state index is 0.0854. The maximum Gasteiger partial charge on any atom is 0.255 e. The van der Waals surface area contributed by atoms with Gasteiger partial charge in [0.15, 0.2) is 0 Å². The second-order valence-electron chi connectivity index (χ2n) is 7.82. The second-order valence-corrected chi connectivity index (χ2v) is 7.82. The lowest BCUT2D eigenvalue weighted by Crippen LogP contribution is -2.26. The summed E-state index contributed by atoms with van der Waals surface area (Å²) in [6.07, 6.45) is 1.64. The van der Waals surface area contributed by atoms with Gasteiger partial charge in [-0.05, 0) is 73.2 Å². The number of aromatic nitrogens is 1. The smallest absolute Gasteiger partial charge is 0.255 e. The van der Waals surface area contributed by atoms with E-state index in [0.29, 0.717) is 16.9 Å². The van der Waals surface area contributed by atoms with Gasteiger partial charge in [-0.2, -0.15) is 0 Å². The van der Waals surface area contributed by atoms with E-state index >= 15 is 0 Å². The molecule has 0 aliphatic rings. The molecule has 7 nitrogen and oxygen atoms in total. The molecule has 7 heteroatoms. The summed E-state index contributed by atoms with van der Waals surface area (Å²) in [6, 6.07) is 27.0. The summed E-state index contributed by atoms with van der Waals surface area (Å²) in [6.45, 7) is 1.77. The molecule has 3 N–H and O–H groups in total. The van der Waals surface area contributed by atoms with Gasteiger partial charge in [-0.15, -0.1) is 0 Å². The van der Waals surface area contributed by atoms with Gasteiger partial charge in [0.1, 0.15) is 6.54 Å². The van der Waals surface area contributed by atoms with E-state index in [1.807, 2.05) is 61.5 Å². The fourth-order valence-electron chi connectivity index (χ4n) is 3.36. The van der Waals surface area contributed by atoms with Crippen molar-refractivity contribution in [2.45, 2.75) is 13.5 Å². The summed E-state index contributed by atoms with van der Waals surface area (Å²) in [5, 5.41) is 8.90. The Kier molecular flexibility index (Phi) is 6.84. The van der Waals surface area contributed by atoms with Gasteiger partial charge in [0.2, 0.25) is 5.91 Å². The van der Waals surface area contributed by atoms with Crippen LogP contribution in [0.1, 0.15) is 15.9 Å². The highest BCUT2D eigenvalue weighted by Gasteiger charge is 2.09. The van der Waals surface area contributed by atoms with Gasteiger partial charge >= 0.3 is 0 Å². The molecular weight excluding hydrogens is 428 g/mol. The SMILES string of the molecule is Cc1ccc(=O)n(CC(=O)Nc2ccc(C(=O)Nc3ccc(Nc4ccccc4)cc3)cc2)c1. The zero-order chi connectivity index (χ0) is 23.9. The van der Waals surface area contributed by atoms with Gasteiger partial charge in [0.25, 0.3) is 11.5 Å². The van der Waals surface area contributed by atoms with Gasteiger partial charge in [0, 0.05) is 40.6 Å². The largest absolute Gasteiger partial charge is 0.356 e. The molecule has 4 aromatic rings. The van der Waals surface area contributed by atoms with Crippen LogP contribution in [0.2, 0.25) is 0 Å². The molecule has 2 amide bonds. The zero-order valence-corrected chi connectivity index (χ0v) is 18.6. The van der Waals surface area contributed by atoms with Crippen molar-refractivity contribution in [3.63, 3.8) is 0 Å². The zero-order valence-electron chi connectivity index (χ0n) is 18.6. The minimum atomic E-state index is -0.325. The number of carbonyl (C=O) groups excluding carboxylic acids is 2. The van der Waals surface area contributed by atoms with E-state index in [-0.39, 0.29) is 23.9 Å². The number of nitrogens with zero attached hydrogens (tertiary/aromatic N) is 1. The molecule has 170 valence electrons. The maximum atomic E-state index is 12.6. The van der Waals surface area contributed by atoms with Crippen molar-refractivity contribution >= 4 is 34.6 Å². The third-order valence-corrected chi connectivity index (χ3v) is 5.08. The van der Waals surface area contributed by atoms with Crippen molar-refractivity contribution in [1.29, 1.82) is 0 Å². The number of hydrogen-bond donors (Lipinski definition) is 3. The quantitative estimate of drug-likeness (QED) is 0.376. The van der Waals surface area contributed by atoms with Gasteiger partial charge in [-0.3, -0.25) is 14.4 Å². The molecule has 34 heavy (non-hydrogen) atoms. The highest BCUT2D eigenvalue weighted by Crippen LogP contribution is 2.19. The molecule has 0 fully saturated rings. The molecule has 0 unspecified atom stereocenters. The van der Waals surface area contributed by atoms with Gasteiger partial charge in [0.05, 0.1) is 0 Å². The van der Waals surface area contributed by atoms with Crippen LogP contribution in [-0.2, 0) is 11.3 Å². The Bertz CT molecular complexity index is 1350. The van der Waals surface area contributed by atoms with Crippen molar-refractivity contribution in [3.05, 3.63) is 119 Å². The van der Waals surface area contributed by atoms with Gasteiger partial charge in [-0.25, -0.2) is 0 Å². The van der Waals surface area contributed by atoms with E-state index in [9.17, 15) is 14.4 Å². The van der Waals surface area contributed by atoms with Crippen molar-refractivity contribution in [1.82, 2.24) is 4.57 Å². The molecule has 0 aliphatic heterocycles. The summed E-state index contributed by atoms with van der Waals surface area (Å²) >= 11 is 0. The van der Waals surface area contributed by atoms with Crippen LogP contribution in [0, 0.1) is 6.92 Å². The van der Waals surface area contributed by atoms with Crippen LogP contribution in [0.3, 0.4) is 0 Å². The Balaban J connectivity index is 1.32. The number of amides is 2. The third kappa shape index (κ3) is 5.98.